The molecule has 6 nitrogen and oxygen atoms in total. The molecule has 8 heteroatoms. The van der Waals surface area contributed by atoms with Gasteiger partial charge in [-0.15, -0.1) is 0 Å². The molecule has 0 bridgehead atoms. The standard InChI is InChI=1S/C52H60O6P2/c1-13-41-31-43(33(3)4)51(57-59(53-45-27-19-15-23-35(45)7)54-46-28-20-16-24-36(46)8)49(39(41)11)50-40(12)42(14-2)32-44(34(5)6)52(50)58-60(55-47-29-21-17-25-37(47)9)56-48-30-22-18-26-38(48)10/h15-34H,13-14H2,1-12H3. The summed E-state index contributed by atoms with van der Waals surface area (Å²) in [7, 11) is -4.05. The summed E-state index contributed by atoms with van der Waals surface area (Å²) in [6.07, 6.45) is 1.68. The van der Waals surface area contributed by atoms with Gasteiger partial charge in [0.1, 0.15) is 34.5 Å². The highest BCUT2D eigenvalue weighted by Gasteiger charge is 2.34. The number of aryl methyl sites for hydroxylation is 6. The highest BCUT2D eigenvalue weighted by molar-refractivity contribution is 7.43. The summed E-state index contributed by atoms with van der Waals surface area (Å²) in [5.74, 6) is 4.45. The van der Waals surface area contributed by atoms with E-state index in [0.29, 0.717) is 34.5 Å². The van der Waals surface area contributed by atoms with Gasteiger partial charge < -0.3 is 27.1 Å². The number of hydrogen-bond donors (Lipinski definition) is 0. The summed E-state index contributed by atoms with van der Waals surface area (Å²) >= 11 is 0. The van der Waals surface area contributed by atoms with Gasteiger partial charge in [-0.1, -0.05) is 126 Å². The fourth-order valence-electron chi connectivity index (χ4n) is 7.28. The van der Waals surface area contributed by atoms with Gasteiger partial charge in [0.2, 0.25) is 0 Å². The number of hydrogen-bond acceptors (Lipinski definition) is 6. The van der Waals surface area contributed by atoms with E-state index in [0.717, 1.165) is 68.5 Å². The lowest BCUT2D eigenvalue weighted by atomic mass is 9.82. The Bertz CT molecular complexity index is 2160. The molecule has 0 unspecified atom stereocenters. The van der Waals surface area contributed by atoms with Gasteiger partial charge in [-0.3, -0.25) is 0 Å². The summed E-state index contributed by atoms with van der Waals surface area (Å²) in [6, 6.07) is 36.5. The molecule has 0 aliphatic heterocycles. The summed E-state index contributed by atoms with van der Waals surface area (Å²) < 4.78 is 41.7. The molecule has 0 fully saturated rings. The molecular formula is C52H60O6P2. The molecule has 60 heavy (non-hydrogen) atoms. The van der Waals surface area contributed by atoms with Crippen LogP contribution in [0.15, 0.2) is 109 Å². The van der Waals surface area contributed by atoms with E-state index in [1.807, 2.05) is 125 Å². The average molecular weight is 843 g/mol. The Morgan fingerprint density at radius 2 is 0.667 bits per heavy atom. The van der Waals surface area contributed by atoms with Gasteiger partial charge in [0.05, 0.1) is 0 Å². The molecule has 0 amide bonds. The molecule has 0 saturated heterocycles. The molecule has 6 rings (SSSR count). The maximum Gasteiger partial charge on any atom is 0.530 e. The summed E-state index contributed by atoms with van der Waals surface area (Å²) in [5, 5.41) is 0. The van der Waals surface area contributed by atoms with Crippen LogP contribution >= 0.6 is 17.2 Å². The van der Waals surface area contributed by atoms with Gasteiger partial charge in [0, 0.05) is 11.1 Å². The Labute approximate surface area is 361 Å². The smallest absolute Gasteiger partial charge is 0.408 e. The maximum atomic E-state index is 7.31. The molecule has 0 atom stereocenters. The van der Waals surface area contributed by atoms with Crippen molar-refractivity contribution in [3.63, 3.8) is 0 Å². The normalized spacial score (nSPS) is 11.4. The molecule has 0 spiro atoms. The van der Waals surface area contributed by atoms with Gasteiger partial charge in [0.15, 0.2) is 0 Å². The van der Waals surface area contributed by atoms with Crippen LogP contribution in [-0.2, 0) is 12.8 Å². The van der Waals surface area contributed by atoms with Gasteiger partial charge in [-0.2, -0.15) is 0 Å². The topological polar surface area (TPSA) is 55.4 Å². The second-order valence-electron chi connectivity index (χ2n) is 16.0. The number of benzene rings is 6. The van der Waals surface area contributed by atoms with Crippen molar-refractivity contribution in [3.05, 3.63) is 165 Å². The van der Waals surface area contributed by atoms with Crippen molar-refractivity contribution >= 4 is 17.2 Å². The molecular weight excluding hydrogens is 783 g/mol. The number of para-hydroxylation sites is 4. The summed E-state index contributed by atoms with van der Waals surface area (Å²) in [5.41, 5.74) is 12.7. The molecule has 0 aliphatic carbocycles. The van der Waals surface area contributed by atoms with Crippen LogP contribution in [-0.4, -0.2) is 0 Å². The van der Waals surface area contributed by atoms with Crippen LogP contribution in [0.3, 0.4) is 0 Å². The summed E-state index contributed by atoms with van der Waals surface area (Å²) in [6.45, 7) is 25.8. The fraction of sp³-hybridized carbons (Fsp3) is 0.308. The first-order chi connectivity index (χ1) is 28.8. The van der Waals surface area contributed by atoms with E-state index < -0.39 is 17.2 Å². The van der Waals surface area contributed by atoms with E-state index in [1.54, 1.807) is 0 Å². The zero-order valence-electron chi connectivity index (χ0n) is 37.3. The molecule has 314 valence electrons. The third-order valence-electron chi connectivity index (χ3n) is 11.0. The maximum absolute atomic E-state index is 7.31. The summed E-state index contributed by atoms with van der Waals surface area (Å²) in [4.78, 5) is 0. The SMILES string of the molecule is CCc1cc(C(C)C)c(OP(Oc2ccccc2C)Oc2ccccc2C)c(-c2c(C)c(CC)cc(C(C)C)c2OP(Oc2ccccc2C)Oc2ccccc2C)c1C. The van der Waals surface area contributed by atoms with Crippen molar-refractivity contribution in [2.75, 3.05) is 0 Å². The van der Waals surface area contributed by atoms with Crippen molar-refractivity contribution < 1.29 is 27.1 Å². The van der Waals surface area contributed by atoms with Gasteiger partial charge >= 0.3 is 17.2 Å². The van der Waals surface area contributed by atoms with E-state index in [1.165, 1.54) is 11.1 Å². The lowest BCUT2D eigenvalue weighted by Gasteiger charge is -2.29. The molecule has 0 heterocycles. The van der Waals surface area contributed by atoms with Crippen molar-refractivity contribution in [2.45, 2.75) is 108 Å². The average Bonchev–Trinajstić information content (AvgIpc) is 3.22. The molecule has 6 aromatic rings. The highest BCUT2D eigenvalue weighted by atomic mass is 31.2. The predicted molar refractivity (Wildman–Crippen MR) is 251 cm³/mol. The van der Waals surface area contributed by atoms with E-state index in [2.05, 4.69) is 67.5 Å². The third-order valence-corrected chi connectivity index (χ3v) is 13.1. The van der Waals surface area contributed by atoms with Crippen LogP contribution in [0.4, 0.5) is 0 Å². The Morgan fingerprint density at radius 1 is 0.400 bits per heavy atom. The van der Waals surface area contributed by atoms with E-state index in [9.17, 15) is 0 Å². The minimum atomic E-state index is -2.02. The molecule has 0 radical (unpaired) electrons. The van der Waals surface area contributed by atoms with Gasteiger partial charge in [-0.25, -0.2) is 0 Å². The third kappa shape index (κ3) is 10.1. The van der Waals surface area contributed by atoms with Crippen LogP contribution in [0.1, 0.15) is 109 Å². The monoisotopic (exact) mass is 842 g/mol. The Kier molecular flexibility index (Phi) is 14.9. The molecule has 0 aromatic heterocycles. The minimum Gasteiger partial charge on any atom is -0.408 e. The van der Waals surface area contributed by atoms with Crippen LogP contribution in [0.2, 0.25) is 0 Å². The van der Waals surface area contributed by atoms with E-state index in [4.69, 9.17) is 27.1 Å². The van der Waals surface area contributed by atoms with Crippen LogP contribution < -0.4 is 27.1 Å². The second-order valence-corrected chi connectivity index (χ2v) is 18.0. The Morgan fingerprint density at radius 3 is 0.900 bits per heavy atom. The molecule has 0 saturated carbocycles. The Balaban J connectivity index is 1.63. The van der Waals surface area contributed by atoms with Crippen molar-refractivity contribution in [2.24, 2.45) is 0 Å². The number of rotatable bonds is 17. The van der Waals surface area contributed by atoms with Crippen molar-refractivity contribution in [3.8, 4) is 45.6 Å². The van der Waals surface area contributed by atoms with E-state index in [-0.39, 0.29) is 11.8 Å². The zero-order chi connectivity index (χ0) is 43.1. The van der Waals surface area contributed by atoms with Crippen LogP contribution in [0, 0.1) is 41.5 Å². The van der Waals surface area contributed by atoms with Crippen LogP contribution in [0.5, 0.6) is 34.5 Å². The van der Waals surface area contributed by atoms with Crippen LogP contribution in [0.25, 0.3) is 11.1 Å². The molecule has 0 N–H and O–H groups in total. The largest absolute Gasteiger partial charge is 0.530 e. The minimum absolute atomic E-state index is 0.105. The predicted octanol–water partition coefficient (Wildman–Crippen LogP) is 16.1. The first kappa shape index (κ1) is 44.5. The van der Waals surface area contributed by atoms with E-state index >= 15 is 0 Å². The molecule has 6 aromatic carbocycles. The lowest BCUT2D eigenvalue weighted by molar-refractivity contribution is 0.380. The molecule has 0 aliphatic rings. The van der Waals surface area contributed by atoms with Crippen molar-refractivity contribution in [1.82, 2.24) is 0 Å². The first-order valence-electron chi connectivity index (χ1n) is 21.0. The first-order valence-corrected chi connectivity index (χ1v) is 23.2. The van der Waals surface area contributed by atoms with Gasteiger partial charge in [-0.05, 0) is 146 Å². The Hall–Kier alpha value is -5.02. The zero-order valence-corrected chi connectivity index (χ0v) is 39.1. The fourth-order valence-corrected chi connectivity index (χ4v) is 9.66. The van der Waals surface area contributed by atoms with Crippen molar-refractivity contribution in [1.29, 1.82) is 0 Å². The highest BCUT2D eigenvalue weighted by Crippen LogP contribution is 2.56. The second kappa shape index (κ2) is 20.0. The quantitative estimate of drug-likeness (QED) is 0.0853. The lowest BCUT2D eigenvalue weighted by Crippen LogP contribution is -2.11. The van der Waals surface area contributed by atoms with Gasteiger partial charge in [0.25, 0.3) is 0 Å².